The van der Waals surface area contributed by atoms with E-state index >= 15 is 0 Å². The summed E-state index contributed by atoms with van der Waals surface area (Å²) >= 11 is 9.71. The van der Waals surface area contributed by atoms with Gasteiger partial charge in [0.05, 0.1) is 5.60 Å². The lowest BCUT2D eigenvalue weighted by atomic mass is 9.70. The quantitative estimate of drug-likeness (QED) is 0.301. The van der Waals surface area contributed by atoms with Crippen molar-refractivity contribution in [3.05, 3.63) is 115 Å². The van der Waals surface area contributed by atoms with Crippen LogP contribution in [0.3, 0.4) is 0 Å². The standard InChI is InChI=1S/C28H26BrClN2O2/c29-21-8-11-25-20(15-21)16-24(27(33)32-25)26(19-6-9-22(30)10-7-19)28(34)12-13-31-23(17-28)14-18-4-2-1-3-5-18/h1-11,15-16,23,26,31,34H,12-14,17H2,(H,32,33)/t23?,26-,28+/m1/s1. The number of halogens is 2. The van der Waals surface area contributed by atoms with E-state index in [0.29, 0.717) is 30.0 Å². The number of pyridine rings is 1. The van der Waals surface area contributed by atoms with Crippen molar-refractivity contribution >= 4 is 38.4 Å². The number of aromatic amines is 1. The fraction of sp³-hybridized carbons (Fsp3) is 0.250. The Morgan fingerprint density at radius 3 is 2.59 bits per heavy atom. The first-order valence-electron chi connectivity index (χ1n) is 11.5. The number of nitrogens with one attached hydrogen (secondary N) is 2. The summed E-state index contributed by atoms with van der Waals surface area (Å²) in [6.45, 7) is 0.676. The van der Waals surface area contributed by atoms with Gasteiger partial charge in [-0.3, -0.25) is 4.79 Å². The van der Waals surface area contributed by atoms with E-state index in [1.54, 1.807) is 0 Å². The largest absolute Gasteiger partial charge is 0.389 e. The van der Waals surface area contributed by atoms with Gasteiger partial charge in [-0.1, -0.05) is 70.0 Å². The van der Waals surface area contributed by atoms with Crippen molar-refractivity contribution in [3.8, 4) is 0 Å². The number of aliphatic hydroxyl groups is 1. The third-order valence-electron chi connectivity index (χ3n) is 6.80. The maximum absolute atomic E-state index is 13.3. The number of piperidine rings is 1. The average molecular weight is 538 g/mol. The Morgan fingerprint density at radius 2 is 1.82 bits per heavy atom. The van der Waals surface area contributed by atoms with Crippen LogP contribution in [0.15, 0.2) is 88.1 Å². The fourth-order valence-electron chi connectivity index (χ4n) is 5.24. The van der Waals surface area contributed by atoms with Gasteiger partial charge in [-0.15, -0.1) is 0 Å². The van der Waals surface area contributed by atoms with E-state index in [-0.39, 0.29) is 11.6 Å². The molecule has 1 aromatic heterocycles. The molecule has 0 spiro atoms. The molecule has 1 unspecified atom stereocenters. The molecule has 34 heavy (non-hydrogen) atoms. The molecule has 0 amide bonds. The molecule has 174 valence electrons. The van der Waals surface area contributed by atoms with Crippen LogP contribution in [-0.2, 0) is 6.42 Å². The highest BCUT2D eigenvalue weighted by Gasteiger charge is 2.43. The number of hydrogen-bond acceptors (Lipinski definition) is 3. The van der Waals surface area contributed by atoms with Crippen LogP contribution in [0, 0.1) is 0 Å². The van der Waals surface area contributed by atoms with Crippen molar-refractivity contribution in [2.24, 2.45) is 0 Å². The van der Waals surface area contributed by atoms with Crippen LogP contribution in [0.5, 0.6) is 0 Å². The molecule has 0 radical (unpaired) electrons. The van der Waals surface area contributed by atoms with Gasteiger partial charge in [-0.2, -0.15) is 0 Å². The van der Waals surface area contributed by atoms with Crippen molar-refractivity contribution in [1.29, 1.82) is 0 Å². The Kier molecular flexibility index (Phi) is 6.63. The summed E-state index contributed by atoms with van der Waals surface area (Å²) in [5, 5.41) is 17.3. The molecule has 0 aliphatic carbocycles. The van der Waals surface area contributed by atoms with Crippen molar-refractivity contribution in [2.75, 3.05) is 6.54 Å². The molecule has 4 nitrogen and oxygen atoms in total. The summed E-state index contributed by atoms with van der Waals surface area (Å²) in [6.07, 6.45) is 1.89. The Balaban J connectivity index is 1.59. The minimum absolute atomic E-state index is 0.102. The maximum Gasteiger partial charge on any atom is 0.252 e. The van der Waals surface area contributed by atoms with E-state index in [1.165, 1.54) is 5.56 Å². The summed E-state index contributed by atoms with van der Waals surface area (Å²) < 4.78 is 0.935. The van der Waals surface area contributed by atoms with Crippen LogP contribution in [0.25, 0.3) is 10.9 Å². The second-order valence-electron chi connectivity index (χ2n) is 9.17. The normalized spacial score (nSPS) is 21.4. The zero-order chi connectivity index (χ0) is 23.7. The zero-order valence-corrected chi connectivity index (χ0v) is 20.9. The van der Waals surface area contributed by atoms with Crippen LogP contribution in [0.1, 0.15) is 35.4 Å². The van der Waals surface area contributed by atoms with Crippen molar-refractivity contribution < 1.29 is 5.11 Å². The minimum Gasteiger partial charge on any atom is -0.389 e. The number of aromatic nitrogens is 1. The average Bonchev–Trinajstić information content (AvgIpc) is 2.82. The Hall–Kier alpha value is -2.44. The summed E-state index contributed by atoms with van der Waals surface area (Å²) in [5.74, 6) is -0.489. The molecular weight excluding hydrogens is 512 g/mol. The maximum atomic E-state index is 13.3. The topological polar surface area (TPSA) is 65.1 Å². The molecule has 6 heteroatoms. The first-order chi connectivity index (χ1) is 16.4. The Morgan fingerprint density at radius 1 is 1.06 bits per heavy atom. The number of H-pyrrole nitrogens is 1. The predicted molar refractivity (Wildman–Crippen MR) is 142 cm³/mol. The molecule has 1 fully saturated rings. The van der Waals surface area contributed by atoms with Crippen LogP contribution in [0.2, 0.25) is 5.02 Å². The summed E-state index contributed by atoms with van der Waals surface area (Å²) in [7, 11) is 0. The predicted octanol–water partition coefficient (Wildman–Crippen LogP) is 5.80. The van der Waals surface area contributed by atoms with Crippen LogP contribution >= 0.6 is 27.5 Å². The van der Waals surface area contributed by atoms with Gasteiger partial charge in [0.2, 0.25) is 0 Å². The highest BCUT2D eigenvalue weighted by atomic mass is 79.9. The summed E-state index contributed by atoms with van der Waals surface area (Å²) in [6, 6.07) is 25.6. The lowest BCUT2D eigenvalue weighted by molar-refractivity contribution is -0.0188. The van der Waals surface area contributed by atoms with E-state index in [2.05, 4.69) is 38.4 Å². The second kappa shape index (κ2) is 9.67. The first kappa shape index (κ1) is 23.3. The summed E-state index contributed by atoms with van der Waals surface area (Å²) in [5.41, 5.74) is 2.17. The molecule has 5 rings (SSSR count). The van der Waals surface area contributed by atoms with Gasteiger partial charge < -0.3 is 15.4 Å². The van der Waals surface area contributed by atoms with E-state index < -0.39 is 11.5 Å². The van der Waals surface area contributed by atoms with Gasteiger partial charge in [0, 0.05) is 32.5 Å². The van der Waals surface area contributed by atoms with E-state index in [1.807, 2.05) is 66.7 Å². The van der Waals surface area contributed by atoms with Gasteiger partial charge >= 0.3 is 0 Å². The lowest BCUT2D eigenvalue weighted by Crippen LogP contribution is -2.52. The molecule has 1 saturated heterocycles. The lowest BCUT2D eigenvalue weighted by Gasteiger charge is -2.43. The number of rotatable bonds is 5. The Bertz CT molecular complexity index is 1360. The van der Waals surface area contributed by atoms with Gasteiger partial charge in [0.1, 0.15) is 0 Å². The smallest absolute Gasteiger partial charge is 0.252 e. The molecule has 3 atom stereocenters. The fourth-order valence-corrected chi connectivity index (χ4v) is 5.75. The summed E-state index contributed by atoms with van der Waals surface area (Å²) in [4.78, 5) is 16.4. The van der Waals surface area contributed by atoms with Gasteiger partial charge in [-0.25, -0.2) is 0 Å². The molecule has 3 N–H and O–H groups in total. The first-order valence-corrected chi connectivity index (χ1v) is 12.7. The third-order valence-corrected chi connectivity index (χ3v) is 7.55. The Labute approximate surface area is 212 Å². The third kappa shape index (κ3) is 4.84. The zero-order valence-electron chi connectivity index (χ0n) is 18.6. The number of fused-ring (bicyclic) bond motifs is 1. The highest BCUT2D eigenvalue weighted by molar-refractivity contribution is 9.10. The second-order valence-corrected chi connectivity index (χ2v) is 10.5. The van der Waals surface area contributed by atoms with Crippen LogP contribution in [-0.4, -0.2) is 28.3 Å². The SMILES string of the molecule is O=c1[nH]c2ccc(Br)cc2cc1[C@@H](c1ccc(Cl)cc1)[C@]1(O)CCNC(Cc2ccccc2)C1. The van der Waals surface area contributed by atoms with Crippen LogP contribution < -0.4 is 10.9 Å². The van der Waals surface area contributed by atoms with E-state index in [9.17, 15) is 9.90 Å². The van der Waals surface area contributed by atoms with Gasteiger partial charge in [0.15, 0.2) is 0 Å². The highest BCUT2D eigenvalue weighted by Crippen LogP contribution is 2.41. The molecule has 2 heterocycles. The number of benzene rings is 3. The molecule has 3 aromatic carbocycles. The molecule has 0 bridgehead atoms. The molecular formula is C28H26BrClN2O2. The van der Waals surface area contributed by atoms with Crippen molar-refractivity contribution in [3.63, 3.8) is 0 Å². The minimum atomic E-state index is -1.09. The van der Waals surface area contributed by atoms with E-state index in [4.69, 9.17) is 11.6 Å². The molecule has 0 saturated carbocycles. The number of hydrogen-bond donors (Lipinski definition) is 3. The monoisotopic (exact) mass is 536 g/mol. The van der Waals surface area contributed by atoms with Gasteiger partial charge in [-0.05, 0) is 78.7 Å². The van der Waals surface area contributed by atoms with Crippen molar-refractivity contribution in [1.82, 2.24) is 10.3 Å². The van der Waals surface area contributed by atoms with Gasteiger partial charge in [0.25, 0.3) is 5.56 Å². The van der Waals surface area contributed by atoms with Crippen molar-refractivity contribution in [2.45, 2.75) is 36.8 Å². The molecule has 1 aliphatic heterocycles. The van der Waals surface area contributed by atoms with E-state index in [0.717, 1.165) is 27.4 Å². The molecule has 1 aliphatic rings. The van der Waals surface area contributed by atoms with Crippen LogP contribution in [0.4, 0.5) is 0 Å². The molecule has 4 aromatic rings.